The summed E-state index contributed by atoms with van der Waals surface area (Å²) in [5.74, 6) is -7.22. The number of guanidine groups is 1. The van der Waals surface area contributed by atoms with Gasteiger partial charge in [-0.2, -0.15) is 0 Å². The van der Waals surface area contributed by atoms with Gasteiger partial charge in [-0.15, -0.1) is 0 Å². The van der Waals surface area contributed by atoms with Gasteiger partial charge in [-0.1, -0.05) is 26.3 Å². The predicted octanol–water partition coefficient (Wildman–Crippen LogP) is -4.55. The number of aliphatic hydroxyl groups excluding tert-OH is 1. The monoisotopic (exact) mass is 1120 g/mol. The van der Waals surface area contributed by atoms with Crippen LogP contribution in [0, 0.1) is 11.3 Å². The highest BCUT2D eigenvalue weighted by Gasteiger charge is 2.38. The molecular weight excluding hydrogens is 1030 g/mol. The van der Waals surface area contributed by atoms with E-state index in [0.29, 0.717) is 76.7 Å². The van der Waals surface area contributed by atoms with Crippen LogP contribution in [0.4, 0.5) is 0 Å². The fourth-order valence-electron chi connectivity index (χ4n) is 8.20. The minimum absolute atomic E-state index is 0.0423. The Labute approximate surface area is 461 Å². The lowest BCUT2D eigenvalue weighted by Gasteiger charge is -2.28. The number of unbranched alkanes of at least 4 members (excludes halogenated alkanes) is 3. The molecule has 29 heteroatoms. The largest absolute Gasteiger partial charge is 0.391 e. The number of nitrogens with one attached hydrogen (secondary N) is 10. The van der Waals surface area contributed by atoms with E-state index >= 15 is 0 Å². The Kier molecular flexibility index (Phi) is 33.3. The van der Waals surface area contributed by atoms with Gasteiger partial charge in [-0.25, -0.2) is 9.98 Å². The molecule has 0 radical (unpaired) electrons. The number of nitrogens with zero attached hydrogens (tertiary/aromatic N) is 3. The first kappa shape index (κ1) is 68.2. The summed E-state index contributed by atoms with van der Waals surface area (Å²) < 4.78 is 0. The molecule has 2 rings (SSSR count). The van der Waals surface area contributed by atoms with Crippen LogP contribution in [0.25, 0.3) is 0 Å². The second kappa shape index (κ2) is 38.6. The summed E-state index contributed by atoms with van der Waals surface area (Å²) in [7, 11) is 0. The van der Waals surface area contributed by atoms with Gasteiger partial charge in [0.15, 0.2) is 5.96 Å². The molecule has 1 fully saturated rings. The smallest absolute Gasteiger partial charge is 0.269 e. The molecule has 444 valence electrons. The van der Waals surface area contributed by atoms with E-state index in [9.17, 15) is 48.3 Å². The number of H-pyrrole nitrogens is 1. The third-order valence-corrected chi connectivity index (χ3v) is 12.9. The molecule has 29 nitrogen and oxygen atoms in total. The molecule has 9 amide bonds. The summed E-state index contributed by atoms with van der Waals surface area (Å²) >= 11 is 0. The van der Waals surface area contributed by atoms with Gasteiger partial charge >= 0.3 is 0 Å². The second-order valence-electron chi connectivity index (χ2n) is 19.3. The number of aromatic amines is 1. The average molecular weight is 1120 g/mol. The average Bonchev–Trinajstić information content (AvgIpc) is 4.17. The Hall–Kier alpha value is -6.92. The van der Waals surface area contributed by atoms with Crippen LogP contribution in [-0.4, -0.2) is 180 Å². The number of imidazole rings is 1. The molecule has 1 aromatic heterocycles. The molecule has 0 spiro atoms. The van der Waals surface area contributed by atoms with Crippen LogP contribution in [-0.2, 0) is 49.6 Å². The standard InChI is InChI=1S/C50H89N19O10/c1-3-31(2)42(68-40(71)26-33(70)27-55)48(78)61-29-41(72)63-37(15-10-21-54)49(79)69-24-12-17-39(69)47(77)67-38(25-32-28-58-30-62-32)46(76)66-35(14-5-7-19-52)44(74)65-36(16-11-23-60-50(56)57)45(75)64-34(13-4-6-18-51)43(73)59-22-9-8-20-53/h16,28,30-31,33-35,38-39,42,70H,3-15,17-27,29,51-55H2,1-2H3,(H,58,62)(H,59,73)(H,61,78)(H,64,75)(H,65,74)(H,66,76)(H,67,77)(H,68,71)(H4,56,57,60)/b36-16-,63-37+/t31-,33+,34-,35-,38-,39-,42-/m0/s1. The molecule has 0 bridgehead atoms. The van der Waals surface area contributed by atoms with Gasteiger partial charge in [0.1, 0.15) is 41.6 Å². The first-order chi connectivity index (χ1) is 37.8. The molecule has 0 saturated carbocycles. The molecule has 1 aromatic rings. The Morgan fingerprint density at radius 2 is 1.47 bits per heavy atom. The number of amides is 9. The van der Waals surface area contributed by atoms with E-state index in [1.807, 2.05) is 0 Å². The highest BCUT2D eigenvalue weighted by molar-refractivity contribution is 6.40. The maximum atomic E-state index is 14.4. The zero-order valence-electron chi connectivity index (χ0n) is 45.9. The minimum atomic E-state index is -1.37. The van der Waals surface area contributed by atoms with E-state index in [-0.39, 0.29) is 107 Å². The highest BCUT2D eigenvalue weighted by atomic mass is 16.3. The van der Waals surface area contributed by atoms with Crippen molar-refractivity contribution in [3.8, 4) is 0 Å². The van der Waals surface area contributed by atoms with Crippen molar-refractivity contribution in [3.63, 3.8) is 0 Å². The van der Waals surface area contributed by atoms with Crippen molar-refractivity contribution in [2.45, 2.75) is 153 Å². The lowest BCUT2D eigenvalue weighted by Crippen LogP contribution is -2.57. The van der Waals surface area contributed by atoms with Gasteiger partial charge in [0.25, 0.3) is 17.7 Å². The van der Waals surface area contributed by atoms with Gasteiger partial charge in [0.05, 0.1) is 25.4 Å². The number of carbonyl (C=O) groups is 9. The van der Waals surface area contributed by atoms with Crippen molar-refractivity contribution in [3.05, 3.63) is 30.0 Å². The van der Waals surface area contributed by atoms with Crippen LogP contribution in [0.5, 0.6) is 0 Å². The number of hydrogen-bond donors (Lipinski definition) is 17. The SMILES string of the molecule is CC[C@H](C)[C@H](NC(=O)C[C@@H](O)CN)C(=O)NCC(=O)/N=C(\CCCN)C(=O)N1CCC[C@H]1C(=O)N[C@@H](Cc1cnc[nH]1)C(=O)N[C@@H](CCCCN)C(=O)N/C(=C\CCNC(=N)N)C(=O)N[C@@H](CCCCN)C(=O)NCCCCN. The maximum Gasteiger partial charge on any atom is 0.269 e. The van der Waals surface area contributed by atoms with Crippen molar-refractivity contribution >= 4 is 64.8 Å². The number of nitrogens with two attached hydrogens (primary N) is 6. The van der Waals surface area contributed by atoms with Crippen LogP contribution < -0.4 is 76.9 Å². The topological polar surface area (TPSA) is 494 Å². The molecule has 1 aliphatic rings. The van der Waals surface area contributed by atoms with E-state index in [1.165, 1.54) is 23.5 Å². The molecule has 1 aliphatic heterocycles. The van der Waals surface area contributed by atoms with Crippen molar-refractivity contribution in [2.75, 3.05) is 58.9 Å². The molecular formula is C50H89N19O10. The molecule has 2 heterocycles. The third kappa shape index (κ3) is 26.1. The van der Waals surface area contributed by atoms with Gasteiger partial charge in [0.2, 0.25) is 35.4 Å². The number of aliphatic hydroxyl groups is 1. The number of likely N-dealkylation sites (tertiary alicyclic amines) is 1. The molecule has 0 unspecified atom stereocenters. The number of aliphatic imine (C=N–C) groups is 1. The number of hydrogen-bond acceptors (Lipinski definition) is 17. The van der Waals surface area contributed by atoms with Crippen LogP contribution in [0.2, 0.25) is 0 Å². The lowest BCUT2D eigenvalue weighted by atomic mass is 9.98. The summed E-state index contributed by atoms with van der Waals surface area (Å²) in [5.41, 5.74) is 33.7. The summed E-state index contributed by atoms with van der Waals surface area (Å²) in [6.45, 7) is 4.44. The molecule has 1 saturated heterocycles. The van der Waals surface area contributed by atoms with Crippen LogP contribution in [0.1, 0.15) is 116 Å². The summed E-state index contributed by atoms with van der Waals surface area (Å²) in [6, 6.07) is -5.87. The summed E-state index contributed by atoms with van der Waals surface area (Å²) in [6.07, 6.45) is 7.40. The van der Waals surface area contributed by atoms with Gasteiger partial charge in [0, 0.05) is 44.5 Å². The van der Waals surface area contributed by atoms with Gasteiger partial charge in [-0.3, -0.25) is 48.6 Å². The van der Waals surface area contributed by atoms with Crippen molar-refractivity contribution < 1.29 is 48.3 Å². The van der Waals surface area contributed by atoms with Crippen molar-refractivity contribution in [2.24, 2.45) is 45.3 Å². The second-order valence-corrected chi connectivity index (χ2v) is 19.3. The van der Waals surface area contributed by atoms with Crippen LogP contribution in [0.3, 0.4) is 0 Å². The fraction of sp³-hybridized carbons (Fsp3) is 0.680. The van der Waals surface area contributed by atoms with E-state index in [0.717, 1.165) is 0 Å². The van der Waals surface area contributed by atoms with Crippen molar-refractivity contribution in [1.82, 2.24) is 57.4 Å². The highest BCUT2D eigenvalue weighted by Crippen LogP contribution is 2.20. The van der Waals surface area contributed by atoms with Crippen molar-refractivity contribution in [1.29, 1.82) is 5.41 Å². The zero-order valence-corrected chi connectivity index (χ0v) is 45.9. The Balaban J connectivity index is 2.42. The zero-order chi connectivity index (χ0) is 58.7. The fourth-order valence-corrected chi connectivity index (χ4v) is 8.20. The molecule has 0 aromatic carbocycles. The van der Waals surface area contributed by atoms with E-state index in [4.69, 9.17) is 39.8 Å². The first-order valence-corrected chi connectivity index (χ1v) is 27.3. The van der Waals surface area contributed by atoms with Crippen LogP contribution >= 0.6 is 0 Å². The lowest BCUT2D eigenvalue weighted by molar-refractivity contribution is -0.136. The van der Waals surface area contributed by atoms with E-state index in [2.05, 4.69) is 57.5 Å². The first-order valence-electron chi connectivity index (χ1n) is 27.3. The molecule has 0 aliphatic carbocycles. The third-order valence-electron chi connectivity index (χ3n) is 12.9. The van der Waals surface area contributed by atoms with Gasteiger partial charge < -0.3 is 91.9 Å². The van der Waals surface area contributed by atoms with E-state index in [1.54, 1.807) is 13.8 Å². The summed E-state index contributed by atoms with van der Waals surface area (Å²) in [5, 5.41) is 38.6. The normalized spacial score (nSPS) is 15.8. The quantitative estimate of drug-likeness (QED) is 0.0128. The molecule has 7 atom stereocenters. The molecule has 79 heavy (non-hydrogen) atoms. The predicted molar refractivity (Wildman–Crippen MR) is 295 cm³/mol. The number of rotatable bonds is 39. The minimum Gasteiger partial charge on any atom is -0.391 e. The maximum absolute atomic E-state index is 14.4. The number of aromatic nitrogens is 2. The Morgan fingerprint density at radius 1 is 0.810 bits per heavy atom. The molecule has 23 N–H and O–H groups in total. The number of carbonyl (C=O) groups excluding carboxylic acids is 9. The van der Waals surface area contributed by atoms with Crippen LogP contribution in [0.15, 0.2) is 29.3 Å². The Bertz CT molecular complexity index is 2180. The Morgan fingerprint density at radius 3 is 2.08 bits per heavy atom. The van der Waals surface area contributed by atoms with E-state index < -0.39 is 96.0 Å². The van der Waals surface area contributed by atoms with Gasteiger partial charge in [-0.05, 0) is 116 Å². The summed E-state index contributed by atoms with van der Waals surface area (Å²) in [4.78, 5) is 136.